The van der Waals surface area contributed by atoms with Crippen LogP contribution in [0.5, 0.6) is 5.75 Å². The Morgan fingerprint density at radius 2 is 1.23 bits per heavy atom. The molecule has 0 aliphatic heterocycles. The third-order valence-electron chi connectivity index (χ3n) is 6.45. The first-order valence-corrected chi connectivity index (χ1v) is 19.4. The standard InChI is InChI=1S/C33H51N2O15P.C2H6/c1-2-50-51(39,40)25-24-47-23-22-46-21-20-45-19-18-44-17-16-43-15-14-42-13-12-41-11-10-34-33(36)49-28-30-26-31(8-9-32(30)35(37)38)48-27-29-6-4-3-5-7-29;1-2/h3-9,26H,2,10-25,27-28H2,1H3,(H,34,36)(H,39,40);1-2H3. The van der Waals surface area contributed by atoms with Crippen LogP contribution >= 0.6 is 7.60 Å². The topological polar surface area (TPSA) is 202 Å². The van der Waals surface area contributed by atoms with Crippen molar-refractivity contribution < 1.29 is 66.3 Å². The molecule has 0 saturated carbocycles. The highest BCUT2D eigenvalue weighted by atomic mass is 31.2. The third kappa shape index (κ3) is 26.2. The van der Waals surface area contributed by atoms with E-state index >= 15 is 0 Å². The molecule has 0 aliphatic rings. The van der Waals surface area contributed by atoms with Crippen LogP contribution in [0.2, 0.25) is 0 Å². The zero-order valence-corrected chi connectivity index (χ0v) is 32.0. The van der Waals surface area contributed by atoms with E-state index in [0.29, 0.717) is 91.6 Å². The third-order valence-corrected chi connectivity index (χ3v) is 7.86. The molecule has 1 unspecified atom stereocenters. The highest BCUT2D eigenvalue weighted by Crippen LogP contribution is 2.40. The van der Waals surface area contributed by atoms with Gasteiger partial charge in [0.05, 0.1) is 116 Å². The summed E-state index contributed by atoms with van der Waals surface area (Å²) < 4.78 is 64.9. The zero-order chi connectivity index (χ0) is 38.8. The first-order valence-electron chi connectivity index (χ1n) is 17.7. The fraction of sp³-hybridized carbons (Fsp3) is 0.629. The molecule has 0 fully saturated rings. The smallest absolute Gasteiger partial charge is 0.407 e. The molecule has 53 heavy (non-hydrogen) atoms. The van der Waals surface area contributed by atoms with Gasteiger partial charge in [-0.2, -0.15) is 0 Å². The summed E-state index contributed by atoms with van der Waals surface area (Å²) in [6.45, 7) is 11.0. The number of nitrogens with zero attached hydrogens (tertiary/aromatic N) is 1. The lowest BCUT2D eigenvalue weighted by molar-refractivity contribution is -0.385. The van der Waals surface area contributed by atoms with Gasteiger partial charge in [0.25, 0.3) is 5.69 Å². The van der Waals surface area contributed by atoms with Gasteiger partial charge in [-0.3, -0.25) is 14.7 Å². The molecule has 1 amide bonds. The summed E-state index contributed by atoms with van der Waals surface area (Å²) in [5.41, 5.74) is 0.988. The number of benzene rings is 2. The van der Waals surface area contributed by atoms with Crippen molar-refractivity contribution in [3.8, 4) is 5.75 Å². The van der Waals surface area contributed by atoms with E-state index in [1.54, 1.807) is 6.92 Å². The van der Waals surface area contributed by atoms with Crippen molar-refractivity contribution in [1.29, 1.82) is 0 Å². The average Bonchev–Trinajstić information content (AvgIpc) is 3.16. The quantitative estimate of drug-likeness (QED) is 0.0445. The number of carbonyl (C=O) groups excluding carboxylic acids is 1. The second-order valence-electron chi connectivity index (χ2n) is 10.4. The number of hydrogen-bond donors (Lipinski definition) is 2. The first-order chi connectivity index (χ1) is 25.8. The Kier molecular flexibility index (Phi) is 29.1. The monoisotopic (exact) mass is 776 g/mol. The van der Waals surface area contributed by atoms with Gasteiger partial charge in [-0.15, -0.1) is 0 Å². The van der Waals surface area contributed by atoms with E-state index in [4.69, 9.17) is 47.2 Å². The van der Waals surface area contributed by atoms with Crippen LogP contribution in [0.1, 0.15) is 31.9 Å². The van der Waals surface area contributed by atoms with Crippen LogP contribution in [0.4, 0.5) is 10.5 Å². The zero-order valence-electron chi connectivity index (χ0n) is 31.1. The Labute approximate surface area is 312 Å². The first kappa shape index (κ1) is 47.8. The molecule has 0 aliphatic carbocycles. The summed E-state index contributed by atoms with van der Waals surface area (Å²) in [6, 6.07) is 13.8. The van der Waals surface area contributed by atoms with E-state index < -0.39 is 18.6 Å². The Morgan fingerprint density at radius 1 is 0.736 bits per heavy atom. The van der Waals surface area contributed by atoms with Crippen LogP contribution in [-0.4, -0.2) is 128 Å². The highest BCUT2D eigenvalue weighted by Gasteiger charge is 2.18. The largest absolute Gasteiger partial charge is 0.489 e. The molecular weight excluding hydrogens is 719 g/mol. The van der Waals surface area contributed by atoms with Crippen molar-refractivity contribution in [3.63, 3.8) is 0 Å². The number of ether oxygens (including phenoxy) is 9. The maximum atomic E-state index is 12.1. The lowest BCUT2D eigenvalue weighted by Crippen LogP contribution is -2.28. The Morgan fingerprint density at radius 3 is 1.72 bits per heavy atom. The van der Waals surface area contributed by atoms with Crippen molar-refractivity contribution in [1.82, 2.24) is 5.32 Å². The SMILES string of the molecule is CC.CCOP(=O)(O)CCOCCOCCOCCOCCOCCOCCOCCNC(=O)OCc1cc(OCc2ccccc2)ccc1[N+](=O)[O-]. The molecule has 2 aromatic rings. The predicted molar refractivity (Wildman–Crippen MR) is 195 cm³/mol. The number of nitro groups is 1. The minimum absolute atomic E-state index is 0.0473. The van der Waals surface area contributed by atoms with Crippen LogP contribution in [-0.2, 0) is 60.2 Å². The number of carbonyl (C=O) groups is 1. The lowest BCUT2D eigenvalue weighted by atomic mass is 10.2. The van der Waals surface area contributed by atoms with Gasteiger partial charge in [0.15, 0.2) is 0 Å². The van der Waals surface area contributed by atoms with Crippen molar-refractivity contribution >= 4 is 19.4 Å². The summed E-state index contributed by atoms with van der Waals surface area (Å²) in [5.74, 6) is 0.424. The van der Waals surface area contributed by atoms with Gasteiger partial charge in [-0.05, 0) is 24.6 Å². The molecule has 0 aromatic heterocycles. The van der Waals surface area contributed by atoms with Crippen LogP contribution in [0, 0.1) is 10.1 Å². The minimum atomic E-state index is -3.55. The maximum absolute atomic E-state index is 12.1. The Bertz CT molecular complexity index is 1260. The van der Waals surface area contributed by atoms with E-state index in [1.165, 1.54) is 18.2 Å². The van der Waals surface area contributed by atoms with Gasteiger partial charge >= 0.3 is 13.7 Å². The summed E-state index contributed by atoms with van der Waals surface area (Å²) in [4.78, 5) is 32.4. The molecule has 1 atom stereocenters. The molecule has 18 heteroatoms. The van der Waals surface area contributed by atoms with Crippen molar-refractivity contribution in [2.24, 2.45) is 0 Å². The summed E-state index contributed by atoms with van der Waals surface area (Å²) in [7, 11) is -3.55. The highest BCUT2D eigenvalue weighted by molar-refractivity contribution is 7.52. The summed E-state index contributed by atoms with van der Waals surface area (Å²) >= 11 is 0. The second kappa shape index (κ2) is 32.2. The number of rotatable bonds is 32. The van der Waals surface area contributed by atoms with E-state index in [9.17, 15) is 24.4 Å². The van der Waals surface area contributed by atoms with Crippen LogP contribution < -0.4 is 10.1 Å². The van der Waals surface area contributed by atoms with Crippen LogP contribution in [0.15, 0.2) is 48.5 Å². The summed E-state index contributed by atoms with van der Waals surface area (Å²) in [6.07, 6.45) is -0.777. The molecule has 2 rings (SSSR count). The number of hydrogen-bond acceptors (Lipinski definition) is 14. The molecule has 2 aromatic carbocycles. The molecule has 0 saturated heterocycles. The molecule has 2 N–H and O–H groups in total. The van der Waals surface area contributed by atoms with Crippen LogP contribution in [0.25, 0.3) is 0 Å². The van der Waals surface area contributed by atoms with Crippen LogP contribution in [0.3, 0.4) is 0 Å². The molecule has 17 nitrogen and oxygen atoms in total. The van der Waals surface area contributed by atoms with Crippen molar-refractivity contribution in [2.75, 3.05) is 112 Å². The average molecular weight is 777 g/mol. The molecule has 0 spiro atoms. The predicted octanol–water partition coefficient (Wildman–Crippen LogP) is 4.76. The Balaban J connectivity index is 0.00000690. The Hall–Kier alpha value is -3.22. The molecule has 0 heterocycles. The van der Waals surface area contributed by atoms with Gasteiger partial charge in [0, 0.05) is 12.6 Å². The molecule has 0 bridgehead atoms. The van der Waals surface area contributed by atoms with E-state index in [-0.39, 0.29) is 50.4 Å². The molecular formula is C35H57N2O15P. The number of amides is 1. The fourth-order valence-corrected chi connectivity index (χ4v) is 4.87. The van der Waals surface area contributed by atoms with E-state index in [2.05, 4.69) is 5.32 Å². The lowest BCUT2D eigenvalue weighted by Gasteiger charge is -2.11. The summed E-state index contributed by atoms with van der Waals surface area (Å²) in [5, 5.41) is 14.0. The van der Waals surface area contributed by atoms with Crippen molar-refractivity contribution in [3.05, 3.63) is 69.8 Å². The number of nitro benzene ring substituents is 1. The second-order valence-corrected chi connectivity index (χ2v) is 12.4. The van der Waals surface area contributed by atoms with Crippen molar-refractivity contribution in [2.45, 2.75) is 34.0 Å². The molecule has 0 radical (unpaired) electrons. The molecule has 302 valence electrons. The van der Waals surface area contributed by atoms with E-state index in [0.717, 1.165) is 5.56 Å². The van der Waals surface area contributed by atoms with E-state index in [1.807, 2.05) is 44.2 Å². The van der Waals surface area contributed by atoms with Gasteiger partial charge in [0.2, 0.25) is 0 Å². The minimum Gasteiger partial charge on any atom is -0.489 e. The van der Waals surface area contributed by atoms with Gasteiger partial charge in [0.1, 0.15) is 19.0 Å². The van der Waals surface area contributed by atoms with Gasteiger partial charge in [-0.25, -0.2) is 4.79 Å². The van der Waals surface area contributed by atoms with Gasteiger partial charge in [-0.1, -0.05) is 44.2 Å². The van der Waals surface area contributed by atoms with Gasteiger partial charge < -0.3 is 57.4 Å². The maximum Gasteiger partial charge on any atom is 0.407 e. The normalized spacial score (nSPS) is 12.0. The fourth-order valence-electron chi connectivity index (χ4n) is 3.97. The number of alkyl carbamates (subject to hydrolysis) is 1. The number of nitrogens with one attached hydrogen (secondary N) is 1.